The Balaban J connectivity index is 2.03. The number of halogens is 3. The number of carboxylic acid groups (broad SMARTS) is 1. The summed E-state index contributed by atoms with van der Waals surface area (Å²) in [6.07, 6.45) is -3.40. The van der Waals surface area contributed by atoms with E-state index in [-0.39, 0.29) is 24.0 Å². The Hall–Kier alpha value is -2.25. The highest BCUT2D eigenvalue weighted by molar-refractivity contribution is 5.85. The number of hydrogen-bond acceptors (Lipinski definition) is 3. The number of ether oxygens (including phenoxy) is 1. The molecule has 2 rings (SSSR count). The average molecular weight is 359 g/mol. The van der Waals surface area contributed by atoms with E-state index in [1.54, 1.807) is 6.07 Å². The van der Waals surface area contributed by atoms with Gasteiger partial charge in [-0.1, -0.05) is 19.1 Å². The molecule has 0 aromatic heterocycles. The fourth-order valence-corrected chi connectivity index (χ4v) is 2.86. The fourth-order valence-electron chi connectivity index (χ4n) is 2.86. The van der Waals surface area contributed by atoms with E-state index in [0.29, 0.717) is 18.5 Å². The van der Waals surface area contributed by atoms with Crippen molar-refractivity contribution in [2.24, 2.45) is 5.92 Å². The molecule has 1 aromatic carbocycles. The first-order valence-electron chi connectivity index (χ1n) is 7.96. The molecule has 2 atom stereocenters. The molecule has 1 aliphatic heterocycles. The smallest absolute Gasteiger partial charge is 0.422 e. The number of rotatable bonds is 5. The predicted octanol–water partition coefficient (Wildman–Crippen LogP) is 2.88. The van der Waals surface area contributed by atoms with E-state index in [0.717, 1.165) is 6.42 Å². The number of likely N-dealkylation sites (tertiary alicyclic amines) is 1. The van der Waals surface area contributed by atoms with Gasteiger partial charge in [0.1, 0.15) is 11.8 Å². The predicted molar refractivity (Wildman–Crippen MR) is 83.2 cm³/mol. The van der Waals surface area contributed by atoms with Crippen molar-refractivity contribution >= 4 is 11.9 Å². The Kier molecular flexibility index (Phi) is 5.92. The van der Waals surface area contributed by atoms with E-state index >= 15 is 0 Å². The topological polar surface area (TPSA) is 66.8 Å². The van der Waals surface area contributed by atoms with Crippen molar-refractivity contribution in [1.82, 2.24) is 4.90 Å². The summed E-state index contributed by atoms with van der Waals surface area (Å²) >= 11 is 0. The van der Waals surface area contributed by atoms with Crippen LogP contribution in [0.3, 0.4) is 0 Å². The molecule has 1 N–H and O–H groups in total. The second-order valence-electron chi connectivity index (χ2n) is 6.30. The van der Waals surface area contributed by atoms with Crippen LogP contribution < -0.4 is 4.74 Å². The highest BCUT2D eigenvalue weighted by atomic mass is 19.4. The van der Waals surface area contributed by atoms with Gasteiger partial charge in [0.2, 0.25) is 5.91 Å². The Morgan fingerprint density at radius 2 is 2.08 bits per heavy atom. The Bertz CT molecular complexity index is 633. The van der Waals surface area contributed by atoms with Crippen molar-refractivity contribution in [3.63, 3.8) is 0 Å². The summed E-state index contributed by atoms with van der Waals surface area (Å²) < 4.78 is 41.3. The van der Waals surface area contributed by atoms with Crippen LogP contribution in [-0.2, 0) is 16.0 Å². The third-order valence-corrected chi connectivity index (χ3v) is 4.13. The Morgan fingerprint density at radius 1 is 1.36 bits per heavy atom. The van der Waals surface area contributed by atoms with Crippen LogP contribution >= 0.6 is 0 Å². The van der Waals surface area contributed by atoms with Crippen LogP contribution in [0.4, 0.5) is 13.2 Å². The molecule has 1 aromatic rings. The van der Waals surface area contributed by atoms with Gasteiger partial charge < -0.3 is 14.7 Å². The Morgan fingerprint density at radius 3 is 2.72 bits per heavy atom. The van der Waals surface area contributed by atoms with Crippen molar-refractivity contribution in [3.8, 4) is 5.75 Å². The summed E-state index contributed by atoms with van der Waals surface area (Å²) in [4.78, 5) is 25.2. The molecule has 2 unspecified atom stereocenters. The van der Waals surface area contributed by atoms with Gasteiger partial charge in [-0.2, -0.15) is 13.2 Å². The third-order valence-electron chi connectivity index (χ3n) is 4.13. The number of carbonyl (C=O) groups excluding carboxylic acids is 1. The van der Waals surface area contributed by atoms with Crippen LogP contribution in [-0.4, -0.2) is 47.3 Å². The van der Waals surface area contributed by atoms with Gasteiger partial charge in [-0.05, 0) is 36.5 Å². The van der Waals surface area contributed by atoms with Crippen LogP contribution in [0.15, 0.2) is 24.3 Å². The maximum atomic E-state index is 12.5. The fraction of sp³-hybridized carbons (Fsp3) is 0.529. The van der Waals surface area contributed by atoms with E-state index in [1.165, 1.54) is 23.1 Å². The first-order valence-corrected chi connectivity index (χ1v) is 7.96. The van der Waals surface area contributed by atoms with Crippen molar-refractivity contribution in [3.05, 3.63) is 29.8 Å². The first-order chi connectivity index (χ1) is 11.7. The molecule has 1 aliphatic rings. The lowest BCUT2D eigenvalue weighted by Gasteiger charge is -2.36. The van der Waals surface area contributed by atoms with Gasteiger partial charge in [0.25, 0.3) is 0 Å². The highest BCUT2D eigenvalue weighted by Crippen LogP contribution is 2.24. The van der Waals surface area contributed by atoms with Crippen LogP contribution in [0.2, 0.25) is 0 Å². The third kappa shape index (κ3) is 5.65. The second kappa shape index (κ2) is 7.76. The largest absolute Gasteiger partial charge is 0.484 e. The summed E-state index contributed by atoms with van der Waals surface area (Å²) in [6, 6.07) is 4.98. The van der Waals surface area contributed by atoms with E-state index in [9.17, 15) is 27.9 Å². The maximum Gasteiger partial charge on any atom is 0.422 e. The molecule has 0 aliphatic carbocycles. The summed E-state index contributed by atoms with van der Waals surface area (Å²) in [5.41, 5.74) is 0.479. The van der Waals surface area contributed by atoms with Gasteiger partial charge in [0, 0.05) is 6.54 Å². The molecule has 25 heavy (non-hydrogen) atoms. The number of amides is 1. The SMILES string of the molecule is CC1CCN(C(=O)Cc2cccc(OCC(F)(F)F)c2)C(C(=O)O)C1. The lowest BCUT2D eigenvalue weighted by molar-refractivity contribution is -0.153. The van der Waals surface area contributed by atoms with Gasteiger partial charge in [0.05, 0.1) is 6.42 Å². The monoisotopic (exact) mass is 359 g/mol. The van der Waals surface area contributed by atoms with E-state index in [1.807, 2.05) is 6.92 Å². The molecule has 5 nitrogen and oxygen atoms in total. The lowest BCUT2D eigenvalue weighted by atomic mass is 9.92. The van der Waals surface area contributed by atoms with Crippen LogP contribution in [0.5, 0.6) is 5.75 Å². The number of aliphatic carboxylic acids is 1. The van der Waals surface area contributed by atoms with Gasteiger partial charge in [0.15, 0.2) is 6.61 Å². The molecule has 1 amide bonds. The number of alkyl halides is 3. The number of hydrogen-bond donors (Lipinski definition) is 1. The molecule has 0 saturated carbocycles. The zero-order valence-electron chi connectivity index (χ0n) is 13.8. The molecule has 0 radical (unpaired) electrons. The standard InChI is InChI=1S/C17H20F3NO4/c1-11-5-6-21(14(7-11)16(23)24)15(22)9-12-3-2-4-13(8-12)25-10-17(18,19)20/h2-4,8,11,14H,5-7,9-10H2,1H3,(H,23,24). The number of piperidine rings is 1. The quantitative estimate of drug-likeness (QED) is 0.878. The minimum absolute atomic E-state index is 0.0182. The van der Waals surface area contributed by atoms with Gasteiger partial charge in [-0.25, -0.2) is 4.79 Å². The summed E-state index contributed by atoms with van der Waals surface area (Å²) in [5, 5.41) is 9.31. The number of benzene rings is 1. The summed E-state index contributed by atoms with van der Waals surface area (Å²) in [7, 11) is 0. The van der Waals surface area contributed by atoms with Crippen LogP contribution in [0.1, 0.15) is 25.3 Å². The second-order valence-corrected chi connectivity index (χ2v) is 6.30. The minimum atomic E-state index is -4.44. The van der Waals surface area contributed by atoms with Crippen molar-refractivity contribution in [1.29, 1.82) is 0 Å². The Labute approximate surface area is 143 Å². The van der Waals surface area contributed by atoms with Gasteiger partial charge in [-0.15, -0.1) is 0 Å². The van der Waals surface area contributed by atoms with Crippen LogP contribution in [0.25, 0.3) is 0 Å². The van der Waals surface area contributed by atoms with E-state index < -0.39 is 24.8 Å². The van der Waals surface area contributed by atoms with Crippen LogP contribution in [0, 0.1) is 5.92 Å². The molecule has 138 valence electrons. The number of carboxylic acids is 1. The molecule has 0 spiro atoms. The molecule has 8 heteroatoms. The van der Waals surface area contributed by atoms with E-state index in [2.05, 4.69) is 4.74 Å². The molecule has 1 heterocycles. The molecule has 1 saturated heterocycles. The van der Waals surface area contributed by atoms with Crippen molar-refractivity contribution in [2.75, 3.05) is 13.2 Å². The normalized spacial score (nSPS) is 21.0. The van der Waals surface area contributed by atoms with Gasteiger partial charge >= 0.3 is 12.1 Å². The molecule has 1 fully saturated rings. The first kappa shape index (κ1) is 19.1. The van der Waals surface area contributed by atoms with Crippen molar-refractivity contribution in [2.45, 2.75) is 38.4 Å². The zero-order chi connectivity index (χ0) is 18.6. The molecule has 0 bridgehead atoms. The summed E-state index contributed by atoms with van der Waals surface area (Å²) in [6.45, 7) is 0.899. The number of nitrogens with zero attached hydrogens (tertiary/aromatic N) is 1. The van der Waals surface area contributed by atoms with E-state index in [4.69, 9.17) is 0 Å². The highest BCUT2D eigenvalue weighted by Gasteiger charge is 2.34. The molecular formula is C17H20F3NO4. The zero-order valence-corrected chi connectivity index (χ0v) is 13.8. The summed E-state index contributed by atoms with van der Waals surface area (Å²) in [5.74, 6) is -1.15. The molecular weight excluding hydrogens is 339 g/mol. The average Bonchev–Trinajstić information content (AvgIpc) is 2.52. The number of carbonyl (C=O) groups is 2. The lowest BCUT2D eigenvalue weighted by Crippen LogP contribution is -2.50. The maximum absolute atomic E-state index is 12.5. The minimum Gasteiger partial charge on any atom is -0.484 e. The van der Waals surface area contributed by atoms with Crippen molar-refractivity contribution < 1.29 is 32.6 Å². The van der Waals surface area contributed by atoms with Gasteiger partial charge in [-0.3, -0.25) is 4.79 Å².